The molecule has 0 amide bonds. The lowest BCUT2D eigenvalue weighted by Crippen LogP contribution is -2.12. The number of halogens is 1. The first kappa shape index (κ1) is 16.2. The van der Waals surface area contributed by atoms with Crippen LogP contribution in [-0.2, 0) is 11.2 Å². The monoisotopic (exact) mass is 354 g/mol. The molecule has 0 atom stereocenters. The van der Waals surface area contributed by atoms with Gasteiger partial charge in [0.05, 0.1) is 23.7 Å². The fraction of sp³-hybridized carbons (Fsp3) is 0.222. The van der Waals surface area contributed by atoms with Crippen molar-refractivity contribution >= 4 is 6.16 Å². The molecule has 7 nitrogen and oxygen atoms in total. The lowest BCUT2D eigenvalue weighted by molar-refractivity contribution is 0.102. The second-order valence-corrected chi connectivity index (χ2v) is 5.78. The number of nitrogens with zero attached hydrogens (tertiary/aromatic N) is 4. The van der Waals surface area contributed by atoms with Gasteiger partial charge in [-0.1, -0.05) is 0 Å². The van der Waals surface area contributed by atoms with Crippen LogP contribution in [0, 0.1) is 12.7 Å². The second kappa shape index (κ2) is 6.21. The van der Waals surface area contributed by atoms with Gasteiger partial charge in [-0.05, 0) is 32.0 Å². The summed E-state index contributed by atoms with van der Waals surface area (Å²) < 4.78 is 25.7. The maximum atomic E-state index is 13.9. The number of rotatable bonds is 2. The number of aromatic nitrogens is 4. The van der Waals surface area contributed by atoms with Crippen molar-refractivity contribution in [3.8, 4) is 22.8 Å². The number of hydrogen-bond donors (Lipinski definition) is 0. The molecular formula is C18H15FN4O3. The molecule has 1 aliphatic rings. The first-order chi connectivity index (χ1) is 12.6. The number of ether oxygens (including phenoxy) is 2. The lowest BCUT2D eigenvalue weighted by atomic mass is 10.0. The van der Waals surface area contributed by atoms with Gasteiger partial charge in [-0.2, -0.15) is 0 Å². The summed E-state index contributed by atoms with van der Waals surface area (Å²) in [6.07, 6.45) is 2.79. The first-order valence-corrected chi connectivity index (χ1v) is 8.10. The predicted molar refractivity (Wildman–Crippen MR) is 89.7 cm³/mol. The van der Waals surface area contributed by atoms with E-state index >= 15 is 0 Å². The van der Waals surface area contributed by atoms with E-state index in [-0.39, 0.29) is 18.3 Å². The van der Waals surface area contributed by atoms with E-state index < -0.39 is 6.16 Å². The summed E-state index contributed by atoms with van der Waals surface area (Å²) in [6, 6.07) is 4.45. The molecule has 4 rings (SSSR count). The number of hydrogen-bond acceptors (Lipinski definition) is 6. The number of carbonyl (C=O) groups excluding carboxylic acids is 1. The Morgan fingerprint density at radius 2 is 2.19 bits per heavy atom. The summed E-state index contributed by atoms with van der Waals surface area (Å²) in [5, 5.41) is 0. The van der Waals surface area contributed by atoms with Crippen LogP contribution in [0.4, 0.5) is 9.18 Å². The Morgan fingerprint density at radius 1 is 1.35 bits per heavy atom. The molecule has 3 heterocycles. The highest BCUT2D eigenvalue weighted by molar-refractivity contribution is 5.75. The molecule has 0 saturated carbocycles. The van der Waals surface area contributed by atoms with E-state index in [0.717, 1.165) is 5.56 Å². The first-order valence-electron chi connectivity index (χ1n) is 8.10. The van der Waals surface area contributed by atoms with E-state index in [0.29, 0.717) is 34.9 Å². The van der Waals surface area contributed by atoms with E-state index in [1.54, 1.807) is 30.7 Å². The van der Waals surface area contributed by atoms with Crippen molar-refractivity contribution in [3.05, 3.63) is 53.6 Å². The summed E-state index contributed by atoms with van der Waals surface area (Å²) >= 11 is 0. The van der Waals surface area contributed by atoms with Crippen molar-refractivity contribution in [1.82, 2.24) is 19.5 Å². The van der Waals surface area contributed by atoms with Crippen LogP contribution in [0.5, 0.6) is 5.88 Å². The van der Waals surface area contributed by atoms with Crippen LogP contribution in [0.2, 0.25) is 0 Å². The third-order valence-electron chi connectivity index (χ3n) is 4.09. The smallest absolute Gasteiger partial charge is 0.434 e. The molecule has 2 aromatic heterocycles. The highest BCUT2D eigenvalue weighted by atomic mass is 19.1. The van der Waals surface area contributed by atoms with E-state index in [9.17, 15) is 9.18 Å². The van der Waals surface area contributed by atoms with Crippen LogP contribution >= 0.6 is 0 Å². The van der Waals surface area contributed by atoms with Crippen molar-refractivity contribution in [1.29, 1.82) is 0 Å². The van der Waals surface area contributed by atoms with Crippen molar-refractivity contribution < 1.29 is 18.7 Å². The van der Waals surface area contributed by atoms with Crippen LogP contribution in [0.3, 0.4) is 0 Å². The number of carbonyl (C=O) groups is 1. The van der Waals surface area contributed by atoms with Gasteiger partial charge < -0.3 is 9.47 Å². The van der Waals surface area contributed by atoms with E-state index in [1.807, 2.05) is 0 Å². The summed E-state index contributed by atoms with van der Waals surface area (Å²) in [6.45, 7) is 3.67. The lowest BCUT2D eigenvalue weighted by Gasteiger charge is -2.10. The molecule has 0 saturated heterocycles. The Hall–Kier alpha value is -3.29. The van der Waals surface area contributed by atoms with Gasteiger partial charge in [-0.3, -0.25) is 4.57 Å². The van der Waals surface area contributed by atoms with Gasteiger partial charge in [0, 0.05) is 23.7 Å². The molecule has 0 N–H and O–H groups in total. The fourth-order valence-electron chi connectivity index (χ4n) is 2.98. The second-order valence-electron chi connectivity index (χ2n) is 5.78. The minimum absolute atomic E-state index is 0.146. The van der Waals surface area contributed by atoms with Gasteiger partial charge in [0.1, 0.15) is 18.0 Å². The molecule has 0 bridgehead atoms. The number of benzene rings is 1. The molecule has 8 heteroatoms. The summed E-state index contributed by atoms with van der Waals surface area (Å²) in [7, 11) is 0. The van der Waals surface area contributed by atoms with Gasteiger partial charge in [0.15, 0.2) is 0 Å². The Labute approximate surface area is 148 Å². The third-order valence-corrected chi connectivity index (χ3v) is 4.09. The third kappa shape index (κ3) is 2.69. The minimum Gasteiger partial charge on any atom is -0.434 e. The molecule has 3 aromatic rings. The fourth-order valence-corrected chi connectivity index (χ4v) is 2.98. The molecule has 1 aromatic carbocycles. The van der Waals surface area contributed by atoms with Crippen LogP contribution in [0.1, 0.15) is 24.0 Å². The van der Waals surface area contributed by atoms with Gasteiger partial charge in [0.25, 0.3) is 0 Å². The molecule has 0 aliphatic carbocycles. The molecule has 26 heavy (non-hydrogen) atoms. The Balaban J connectivity index is 1.90. The van der Waals surface area contributed by atoms with E-state index in [2.05, 4.69) is 15.0 Å². The summed E-state index contributed by atoms with van der Waals surface area (Å²) in [5.74, 6) is 0.372. The van der Waals surface area contributed by atoms with Gasteiger partial charge in [-0.15, -0.1) is 0 Å². The predicted octanol–water partition coefficient (Wildman–Crippen LogP) is 3.22. The number of imidazole rings is 1. The normalized spacial score (nSPS) is 11.8. The molecule has 0 fully saturated rings. The van der Waals surface area contributed by atoms with Crippen molar-refractivity contribution in [2.45, 2.75) is 20.3 Å². The maximum absolute atomic E-state index is 13.9. The highest BCUT2D eigenvalue weighted by Gasteiger charge is 2.26. The van der Waals surface area contributed by atoms with Crippen LogP contribution in [-0.4, -0.2) is 32.3 Å². The Bertz CT molecular complexity index is 1020. The van der Waals surface area contributed by atoms with E-state index in [4.69, 9.17) is 9.47 Å². The highest BCUT2D eigenvalue weighted by Crippen LogP contribution is 2.36. The molecule has 0 unspecified atom stereocenters. The van der Waals surface area contributed by atoms with E-state index in [1.165, 1.54) is 18.5 Å². The Kier molecular flexibility index (Phi) is 3.87. The van der Waals surface area contributed by atoms with Crippen LogP contribution in [0.25, 0.3) is 16.9 Å². The van der Waals surface area contributed by atoms with Crippen molar-refractivity contribution in [2.24, 2.45) is 0 Å². The van der Waals surface area contributed by atoms with Crippen LogP contribution in [0.15, 0.2) is 30.7 Å². The minimum atomic E-state index is -0.821. The van der Waals surface area contributed by atoms with Crippen LogP contribution < -0.4 is 4.74 Å². The van der Waals surface area contributed by atoms with Gasteiger partial charge in [0.2, 0.25) is 5.88 Å². The summed E-state index contributed by atoms with van der Waals surface area (Å²) in [4.78, 5) is 24.6. The largest absolute Gasteiger partial charge is 0.515 e. The topological polar surface area (TPSA) is 79.1 Å². The zero-order valence-corrected chi connectivity index (χ0v) is 14.2. The molecule has 132 valence electrons. The molecule has 0 radical (unpaired) electrons. The van der Waals surface area contributed by atoms with Gasteiger partial charge >= 0.3 is 6.16 Å². The average molecular weight is 354 g/mol. The standard InChI is InChI=1S/C18H15FN4O3/c1-3-25-18(24)26-17-15-6-11-8-20-10(2)22-16(11)13-7-12(19)4-5-14(13)23(15)9-21-17/h4-5,7-9H,3,6H2,1-2H3. The number of fused-ring (bicyclic) bond motifs is 5. The molecular weight excluding hydrogens is 339 g/mol. The zero-order valence-electron chi connectivity index (χ0n) is 14.2. The SMILES string of the molecule is CCOC(=O)Oc1ncn2c1Cc1cnc(C)nc1-c1cc(F)ccc1-2. The Morgan fingerprint density at radius 3 is 3.00 bits per heavy atom. The van der Waals surface area contributed by atoms with Gasteiger partial charge in [-0.25, -0.2) is 24.1 Å². The average Bonchev–Trinajstić information content (AvgIpc) is 2.92. The zero-order chi connectivity index (χ0) is 18.3. The molecule has 0 spiro atoms. The quantitative estimate of drug-likeness (QED) is 0.514. The summed E-state index contributed by atoms with van der Waals surface area (Å²) in [5.41, 5.74) is 3.40. The van der Waals surface area contributed by atoms with Crippen molar-refractivity contribution in [2.75, 3.05) is 6.61 Å². The number of aryl methyl sites for hydroxylation is 1. The van der Waals surface area contributed by atoms with Crippen molar-refractivity contribution in [3.63, 3.8) is 0 Å². The molecule has 1 aliphatic heterocycles. The maximum Gasteiger partial charge on any atom is 0.515 e.